The molecule has 1 aromatic heterocycles. The Balaban J connectivity index is 1.75. The number of carbonyl (C=O) groups is 1. The minimum Gasteiger partial charge on any atom is -0.377 e. The lowest BCUT2D eigenvalue weighted by Crippen LogP contribution is -2.13. The number of aromatic nitrogens is 4. The van der Waals surface area contributed by atoms with Gasteiger partial charge in [0.2, 0.25) is 5.91 Å². The number of rotatable bonds is 8. The smallest absolute Gasteiger partial charge is 0.224 e. The molecule has 10 heteroatoms. The van der Waals surface area contributed by atoms with E-state index in [2.05, 4.69) is 26.2 Å². The van der Waals surface area contributed by atoms with Crippen LogP contribution < -0.4 is 10.6 Å². The Hall–Kier alpha value is -3.27. The van der Waals surface area contributed by atoms with Gasteiger partial charge in [-0.2, -0.15) is 4.68 Å². The number of sulfone groups is 1. The second-order valence-electron chi connectivity index (χ2n) is 6.90. The Labute approximate surface area is 175 Å². The molecule has 1 heterocycles. The van der Waals surface area contributed by atoms with Crippen molar-refractivity contribution in [1.82, 2.24) is 20.2 Å². The molecule has 0 saturated carbocycles. The van der Waals surface area contributed by atoms with Crippen LogP contribution in [-0.2, 0) is 21.2 Å². The van der Waals surface area contributed by atoms with E-state index in [1.54, 1.807) is 16.8 Å². The first-order valence-corrected chi connectivity index (χ1v) is 11.4. The zero-order chi connectivity index (χ0) is 21.7. The highest BCUT2D eigenvalue weighted by atomic mass is 32.2. The van der Waals surface area contributed by atoms with E-state index in [1.807, 2.05) is 32.0 Å². The van der Waals surface area contributed by atoms with Gasteiger partial charge in [0.05, 0.1) is 17.1 Å². The first-order valence-electron chi connectivity index (χ1n) is 9.50. The summed E-state index contributed by atoms with van der Waals surface area (Å²) in [5.74, 6) is 0.543. The van der Waals surface area contributed by atoms with Crippen LogP contribution in [-0.4, -0.2) is 40.8 Å². The number of nitrogens with zero attached hydrogens (tertiary/aromatic N) is 4. The standard InChI is InChI=1S/C20H24N6O3S/c1-4-6-20(27)22-18-8-5-7-17(14(18)2)21-13-19-23-24-25-26(19)15-9-11-16(12-10-15)30(3,28)29/h5,7-12,21H,4,6,13H2,1-3H3,(H,22,27). The lowest BCUT2D eigenvalue weighted by Gasteiger charge is -2.14. The molecule has 158 valence electrons. The molecule has 0 saturated heterocycles. The largest absolute Gasteiger partial charge is 0.377 e. The summed E-state index contributed by atoms with van der Waals surface area (Å²) in [6.45, 7) is 4.23. The van der Waals surface area contributed by atoms with Crippen LogP contribution in [0.15, 0.2) is 47.4 Å². The summed E-state index contributed by atoms with van der Waals surface area (Å²) < 4.78 is 24.8. The fraction of sp³-hybridized carbons (Fsp3) is 0.300. The van der Waals surface area contributed by atoms with Gasteiger partial charge in [0.15, 0.2) is 15.7 Å². The normalized spacial score (nSPS) is 11.3. The number of hydrogen-bond donors (Lipinski definition) is 2. The Bertz CT molecular complexity index is 1140. The van der Waals surface area contributed by atoms with Crippen LogP contribution in [0, 0.1) is 6.92 Å². The van der Waals surface area contributed by atoms with Gasteiger partial charge in [-0.05, 0) is 65.7 Å². The number of benzene rings is 2. The van der Waals surface area contributed by atoms with Gasteiger partial charge in [-0.15, -0.1) is 5.10 Å². The van der Waals surface area contributed by atoms with Gasteiger partial charge < -0.3 is 10.6 Å². The highest BCUT2D eigenvalue weighted by molar-refractivity contribution is 7.90. The maximum absolute atomic E-state index is 11.9. The van der Waals surface area contributed by atoms with E-state index in [0.717, 1.165) is 29.6 Å². The molecule has 0 radical (unpaired) electrons. The Kier molecular flexibility index (Phi) is 6.46. The quantitative estimate of drug-likeness (QED) is 0.566. The van der Waals surface area contributed by atoms with E-state index in [4.69, 9.17) is 0 Å². The fourth-order valence-corrected chi connectivity index (χ4v) is 3.56. The highest BCUT2D eigenvalue weighted by Gasteiger charge is 2.12. The van der Waals surface area contributed by atoms with Crippen molar-refractivity contribution in [2.75, 3.05) is 16.9 Å². The number of nitrogens with one attached hydrogen (secondary N) is 2. The van der Waals surface area contributed by atoms with E-state index < -0.39 is 9.84 Å². The summed E-state index contributed by atoms with van der Waals surface area (Å²) in [6.07, 6.45) is 2.43. The molecule has 0 aliphatic carbocycles. The van der Waals surface area contributed by atoms with Crippen molar-refractivity contribution in [2.45, 2.75) is 38.1 Å². The summed E-state index contributed by atoms with van der Waals surface area (Å²) >= 11 is 0. The van der Waals surface area contributed by atoms with Gasteiger partial charge in [-0.25, -0.2) is 8.42 Å². The van der Waals surface area contributed by atoms with Crippen LogP contribution in [0.2, 0.25) is 0 Å². The summed E-state index contributed by atoms with van der Waals surface area (Å²) in [6, 6.07) is 12.0. The van der Waals surface area contributed by atoms with Gasteiger partial charge in [-0.1, -0.05) is 13.0 Å². The number of tetrazole rings is 1. The van der Waals surface area contributed by atoms with Gasteiger partial charge >= 0.3 is 0 Å². The van der Waals surface area contributed by atoms with Gasteiger partial charge in [0.1, 0.15) is 0 Å². The van der Waals surface area contributed by atoms with Crippen molar-refractivity contribution in [1.29, 1.82) is 0 Å². The maximum Gasteiger partial charge on any atom is 0.224 e. The van der Waals surface area contributed by atoms with Gasteiger partial charge in [0, 0.05) is 24.1 Å². The SMILES string of the molecule is CCCC(=O)Nc1cccc(NCc2nnnn2-c2ccc(S(C)(=O)=O)cc2)c1C. The van der Waals surface area contributed by atoms with Crippen molar-refractivity contribution in [3.63, 3.8) is 0 Å². The first kappa shape index (κ1) is 21.4. The van der Waals surface area contributed by atoms with Crippen molar-refractivity contribution >= 4 is 27.1 Å². The minimum atomic E-state index is -3.27. The predicted molar refractivity (Wildman–Crippen MR) is 114 cm³/mol. The van der Waals surface area contributed by atoms with Crippen molar-refractivity contribution in [3.05, 3.63) is 53.9 Å². The summed E-state index contributed by atoms with van der Waals surface area (Å²) in [7, 11) is -3.27. The number of amides is 1. The number of carbonyl (C=O) groups excluding carboxylic acids is 1. The average molecular weight is 429 g/mol. The third-order valence-corrected chi connectivity index (χ3v) is 5.69. The van der Waals surface area contributed by atoms with Crippen LogP contribution in [0.5, 0.6) is 0 Å². The first-order chi connectivity index (χ1) is 14.3. The van der Waals surface area contributed by atoms with E-state index in [-0.39, 0.29) is 10.8 Å². The zero-order valence-electron chi connectivity index (χ0n) is 17.1. The molecule has 30 heavy (non-hydrogen) atoms. The molecule has 0 aliphatic rings. The average Bonchev–Trinajstić information content (AvgIpc) is 3.17. The molecule has 2 N–H and O–H groups in total. The Morgan fingerprint density at radius 1 is 1.10 bits per heavy atom. The monoisotopic (exact) mass is 428 g/mol. The number of hydrogen-bond acceptors (Lipinski definition) is 7. The van der Waals surface area contributed by atoms with Crippen LogP contribution in [0.25, 0.3) is 5.69 Å². The van der Waals surface area contributed by atoms with Crippen molar-refractivity contribution in [2.24, 2.45) is 0 Å². The van der Waals surface area contributed by atoms with Crippen LogP contribution >= 0.6 is 0 Å². The van der Waals surface area contributed by atoms with Crippen LogP contribution in [0.4, 0.5) is 11.4 Å². The molecule has 1 amide bonds. The number of anilines is 2. The Morgan fingerprint density at radius 3 is 2.47 bits per heavy atom. The Morgan fingerprint density at radius 2 is 1.80 bits per heavy atom. The molecule has 0 aliphatic heterocycles. The molecule has 3 rings (SSSR count). The summed E-state index contributed by atoms with van der Waals surface area (Å²) in [5.41, 5.74) is 3.18. The summed E-state index contributed by atoms with van der Waals surface area (Å²) in [4.78, 5) is 12.1. The highest BCUT2D eigenvalue weighted by Crippen LogP contribution is 2.24. The molecule has 0 fully saturated rings. The topological polar surface area (TPSA) is 119 Å². The van der Waals surface area contributed by atoms with Gasteiger partial charge in [-0.3, -0.25) is 4.79 Å². The van der Waals surface area contributed by atoms with E-state index in [0.29, 0.717) is 24.5 Å². The summed E-state index contributed by atoms with van der Waals surface area (Å²) in [5, 5.41) is 18.0. The minimum absolute atomic E-state index is 0.0146. The molecule has 9 nitrogen and oxygen atoms in total. The van der Waals surface area contributed by atoms with Gasteiger partial charge in [0.25, 0.3) is 0 Å². The molecule has 0 unspecified atom stereocenters. The van der Waals surface area contributed by atoms with E-state index in [1.165, 1.54) is 12.1 Å². The fourth-order valence-electron chi connectivity index (χ4n) is 2.93. The second-order valence-corrected chi connectivity index (χ2v) is 8.92. The van der Waals surface area contributed by atoms with Crippen molar-refractivity contribution < 1.29 is 13.2 Å². The molecular formula is C20H24N6O3S. The lowest BCUT2D eigenvalue weighted by atomic mass is 10.1. The third kappa shape index (κ3) is 5.01. The zero-order valence-corrected chi connectivity index (χ0v) is 17.9. The van der Waals surface area contributed by atoms with Crippen LogP contribution in [0.3, 0.4) is 0 Å². The molecule has 0 bridgehead atoms. The predicted octanol–water partition coefficient (Wildman–Crippen LogP) is 2.72. The second kappa shape index (κ2) is 9.04. The van der Waals surface area contributed by atoms with E-state index in [9.17, 15) is 13.2 Å². The molecule has 2 aromatic carbocycles. The van der Waals surface area contributed by atoms with E-state index >= 15 is 0 Å². The molecule has 0 spiro atoms. The van der Waals surface area contributed by atoms with Crippen molar-refractivity contribution in [3.8, 4) is 5.69 Å². The maximum atomic E-state index is 11.9. The molecule has 3 aromatic rings. The molecular weight excluding hydrogens is 404 g/mol. The molecule has 0 atom stereocenters. The third-order valence-electron chi connectivity index (χ3n) is 4.57. The lowest BCUT2D eigenvalue weighted by molar-refractivity contribution is -0.116. The van der Waals surface area contributed by atoms with Crippen LogP contribution in [0.1, 0.15) is 31.2 Å².